The predicted octanol–water partition coefficient (Wildman–Crippen LogP) is 3.34. The van der Waals surface area contributed by atoms with Crippen molar-refractivity contribution in [2.24, 2.45) is 0 Å². The third-order valence-corrected chi connectivity index (χ3v) is 4.68. The molecule has 0 aromatic heterocycles. The van der Waals surface area contributed by atoms with Crippen molar-refractivity contribution in [1.29, 1.82) is 0 Å². The molecule has 0 radical (unpaired) electrons. The van der Waals surface area contributed by atoms with Gasteiger partial charge in [0.15, 0.2) is 0 Å². The van der Waals surface area contributed by atoms with Crippen LogP contribution in [0.1, 0.15) is 44.7 Å². The van der Waals surface area contributed by atoms with Gasteiger partial charge in [0, 0.05) is 23.6 Å². The summed E-state index contributed by atoms with van der Waals surface area (Å²) in [6.45, 7) is 8.00. The van der Waals surface area contributed by atoms with E-state index in [4.69, 9.17) is 0 Å². The van der Waals surface area contributed by atoms with Crippen LogP contribution in [-0.2, 0) is 0 Å². The molecule has 2 N–H and O–H groups in total. The lowest BCUT2D eigenvalue weighted by atomic mass is 9.94. The molecule has 2 rings (SSSR count). The molecule has 3 nitrogen and oxygen atoms in total. The van der Waals surface area contributed by atoms with Gasteiger partial charge in [0.2, 0.25) is 0 Å². The molecular weight excluding hydrogens is 328 g/mol. The highest BCUT2D eigenvalue weighted by Crippen LogP contribution is 2.24. The molecule has 0 amide bonds. The fourth-order valence-electron chi connectivity index (χ4n) is 3.18. The van der Waals surface area contributed by atoms with E-state index < -0.39 is 5.60 Å². The number of hydrogen-bond acceptors (Lipinski definition) is 3. The van der Waals surface area contributed by atoms with Crippen molar-refractivity contribution < 1.29 is 5.11 Å². The summed E-state index contributed by atoms with van der Waals surface area (Å²) >= 11 is 3.55. The first-order valence-electron chi connectivity index (χ1n) is 7.94. The van der Waals surface area contributed by atoms with Crippen LogP contribution in [0.3, 0.4) is 0 Å². The molecule has 0 saturated carbocycles. The van der Waals surface area contributed by atoms with Crippen molar-refractivity contribution in [2.45, 2.75) is 44.8 Å². The second-order valence-corrected chi connectivity index (χ2v) is 7.25. The van der Waals surface area contributed by atoms with Crippen LogP contribution in [0, 0.1) is 0 Å². The van der Waals surface area contributed by atoms with E-state index in [9.17, 15) is 5.11 Å². The molecule has 21 heavy (non-hydrogen) atoms. The van der Waals surface area contributed by atoms with Crippen molar-refractivity contribution in [3.8, 4) is 0 Å². The van der Waals surface area contributed by atoms with E-state index >= 15 is 0 Å². The van der Waals surface area contributed by atoms with Gasteiger partial charge in [-0.3, -0.25) is 0 Å². The smallest absolute Gasteiger partial charge is 0.0746 e. The molecule has 1 aliphatic heterocycles. The number of likely N-dealkylation sites (tertiary alicyclic amines) is 1. The Balaban J connectivity index is 1.94. The predicted molar refractivity (Wildman–Crippen MR) is 91.5 cm³/mol. The maximum Gasteiger partial charge on any atom is 0.0746 e. The van der Waals surface area contributed by atoms with Crippen LogP contribution in [0.25, 0.3) is 0 Å². The Morgan fingerprint density at radius 1 is 1.48 bits per heavy atom. The molecule has 118 valence electrons. The largest absolute Gasteiger partial charge is 0.389 e. The number of benzene rings is 1. The highest BCUT2D eigenvalue weighted by Gasteiger charge is 2.28. The Morgan fingerprint density at radius 3 is 2.95 bits per heavy atom. The van der Waals surface area contributed by atoms with E-state index in [-0.39, 0.29) is 0 Å². The molecule has 1 aromatic carbocycles. The second kappa shape index (κ2) is 7.73. The molecule has 1 aliphatic rings. The topological polar surface area (TPSA) is 35.5 Å². The zero-order chi connectivity index (χ0) is 15.3. The number of hydrogen-bond donors (Lipinski definition) is 2. The van der Waals surface area contributed by atoms with Gasteiger partial charge in [-0.15, -0.1) is 0 Å². The van der Waals surface area contributed by atoms with Crippen LogP contribution in [-0.4, -0.2) is 41.8 Å². The monoisotopic (exact) mass is 354 g/mol. The number of piperidine rings is 1. The van der Waals surface area contributed by atoms with Gasteiger partial charge in [-0.1, -0.05) is 35.0 Å². The van der Waals surface area contributed by atoms with Crippen LogP contribution in [0.5, 0.6) is 0 Å². The quantitative estimate of drug-likeness (QED) is 0.822. The molecule has 1 fully saturated rings. The maximum absolute atomic E-state index is 10.2. The van der Waals surface area contributed by atoms with Crippen LogP contribution in [0.2, 0.25) is 0 Å². The SMILES string of the molecule is CCNC(CCN1CCCC(C)(O)C1)c1cccc(Br)c1. The molecule has 0 spiro atoms. The molecule has 2 atom stereocenters. The first kappa shape index (κ1) is 16.9. The van der Waals surface area contributed by atoms with Gasteiger partial charge in [0.25, 0.3) is 0 Å². The molecule has 2 unspecified atom stereocenters. The Labute approximate surface area is 136 Å². The first-order chi connectivity index (χ1) is 10.00. The molecule has 1 saturated heterocycles. The summed E-state index contributed by atoms with van der Waals surface area (Å²) in [4.78, 5) is 2.39. The fourth-order valence-corrected chi connectivity index (χ4v) is 3.60. The molecule has 1 aromatic rings. The standard InChI is InChI=1S/C17H27BrN2O/c1-3-19-16(14-6-4-7-15(18)12-14)8-11-20-10-5-9-17(2,21)13-20/h4,6-7,12,16,19,21H,3,5,8-11,13H2,1-2H3. The molecule has 1 heterocycles. The summed E-state index contributed by atoms with van der Waals surface area (Å²) in [5, 5.41) is 13.8. The average Bonchev–Trinajstić information content (AvgIpc) is 2.42. The summed E-state index contributed by atoms with van der Waals surface area (Å²) in [5.41, 5.74) is 0.817. The second-order valence-electron chi connectivity index (χ2n) is 6.33. The van der Waals surface area contributed by atoms with Gasteiger partial charge < -0.3 is 15.3 Å². The van der Waals surface area contributed by atoms with Crippen LogP contribution >= 0.6 is 15.9 Å². The first-order valence-corrected chi connectivity index (χ1v) is 8.73. The van der Waals surface area contributed by atoms with E-state index in [1.165, 1.54) is 5.56 Å². The maximum atomic E-state index is 10.2. The van der Waals surface area contributed by atoms with Crippen LogP contribution in [0.4, 0.5) is 0 Å². The van der Waals surface area contributed by atoms with Gasteiger partial charge >= 0.3 is 0 Å². The van der Waals surface area contributed by atoms with E-state index in [0.29, 0.717) is 6.04 Å². The van der Waals surface area contributed by atoms with Gasteiger partial charge in [0.1, 0.15) is 0 Å². The van der Waals surface area contributed by atoms with E-state index in [1.807, 2.05) is 6.92 Å². The summed E-state index contributed by atoms with van der Waals surface area (Å²) in [5.74, 6) is 0. The van der Waals surface area contributed by atoms with Gasteiger partial charge in [-0.25, -0.2) is 0 Å². The molecule has 0 bridgehead atoms. The zero-order valence-corrected chi connectivity index (χ0v) is 14.7. The van der Waals surface area contributed by atoms with Crippen LogP contribution < -0.4 is 5.32 Å². The van der Waals surface area contributed by atoms with E-state index in [2.05, 4.69) is 57.3 Å². The molecule has 0 aliphatic carbocycles. The lowest BCUT2D eigenvalue weighted by molar-refractivity contribution is -0.0163. The summed E-state index contributed by atoms with van der Waals surface area (Å²) in [7, 11) is 0. The third kappa shape index (κ3) is 5.37. The number of halogens is 1. The normalized spacial score (nSPS) is 25.0. The summed E-state index contributed by atoms with van der Waals surface area (Å²) in [6, 6.07) is 8.91. The van der Waals surface area contributed by atoms with Gasteiger partial charge in [-0.05, 0) is 57.0 Å². The van der Waals surface area contributed by atoms with Crippen molar-refractivity contribution in [3.05, 3.63) is 34.3 Å². The minimum atomic E-state index is -0.512. The van der Waals surface area contributed by atoms with Crippen molar-refractivity contribution in [2.75, 3.05) is 26.2 Å². The van der Waals surface area contributed by atoms with Crippen LogP contribution in [0.15, 0.2) is 28.7 Å². The third-order valence-electron chi connectivity index (χ3n) is 4.19. The highest BCUT2D eigenvalue weighted by atomic mass is 79.9. The number of nitrogens with zero attached hydrogens (tertiary/aromatic N) is 1. The lowest BCUT2D eigenvalue weighted by Crippen LogP contribution is -2.46. The lowest BCUT2D eigenvalue weighted by Gasteiger charge is -2.37. The minimum absolute atomic E-state index is 0.374. The fraction of sp³-hybridized carbons (Fsp3) is 0.647. The Bertz CT molecular complexity index is 450. The molecular formula is C17H27BrN2O. The number of nitrogens with one attached hydrogen (secondary N) is 1. The van der Waals surface area contributed by atoms with Crippen molar-refractivity contribution in [3.63, 3.8) is 0 Å². The summed E-state index contributed by atoms with van der Waals surface area (Å²) in [6.07, 6.45) is 3.09. The van der Waals surface area contributed by atoms with Crippen molar-refractivity contribution in [1.82, 2.24) is 10.2 Å². The number of β-amino-alcohol motifs (C(OH)–C–C–N with tert-alkyl or cyclic N) is 1. The van der Waals surface area contributed by atoms with Crippen molar-refractivity contribution >= 4 is 15.9 Å². The molecule has 4 heteroatoms. The average molecular weight is 355 g/mol. The van der Waals surface area contributed by atoms with Gasteiger partial charge in [0.05, 0.1) is 5.60 Å². The van der Waals surface area contributed by atoms with E-state index in [1.54, 1.807) is 0 Å². The number of rotatable bonds is 6. The summed E-state index contributed by atoms with van der Waals surface area (Å²) < 4.78 is 1.13. The Hall–Kier alpha value is -0.420. The highest BCUT2D eigenvalue weighted by molar-refractivity contribution is 9.10. The zero-order valence-electron chi connectivity index (χ0n) is 13.1. The Morgan fingerprint density at radius 2 is 2.29 bits per heavy atom. The van der Waals surface area contributed by atoms with Gasteiger partial charge in [-0.2, -0.15) is 0 Å². The Kier molecular flexibility index (Phi) is 6.23. The van der Waals surface area contributed by atoms with E-state index in [0.717, 1.165) is 49.9 Å². The minimum Gasteiger partial charge on any atom is -0.389 e. The number of aliphatic hydroxyl groups is 1.